The van der Waals surface area contributed by atoms with E-state index in [4.69, 9.17) is 5.26 Å². The first kappa shape index (κ1) is 19.2. The summed E-state index contributed by atoms with van der Waals surface area (Å²) >= 11 is 0. The third-order valence-electron chi connectivity index (χ3n) is 4.51. The van der Waals surface area contributed by atoms with Crippen molar-refractivity contribution in [2.75, 3.05) is 33.2 Å². The van der Waals surface area contributed by atoms with Crippen LogP contribution in [0.25, 0.3) is 0 Å². The highest BCUT2D eigenvalue weighted by atomic mass is 32.2. The Hall–Kier alpha value is -2.17. The second-order valence-electron chi connectivity index (χ2n) is 6.69. The van der Waals surface area contributed by atoms with Gasteiger partial charge in [-0.25, -0.2) is 8.42 Å². The highest BCUT2D eigenvalue weighted by Gasteiger charge is 2.38. The second-order valence-corrected chi connectivity index (χ2v) is 8.50. The standard InChI is InChI=1S/C18H23N3O3S/c1-18(2,17(22)21-12-10-20(3)11-13-21)15-7-4-5-8-16(15)25(23,24)14-6-9-19/h4-8,14H,10-13H2,1-3H3/b14-6+. The van der Waals surface area contributed by atoms with Gasteiger partial charge in [0.1, 0.15) is 0 Å². The zero-order valence-electron chi connectivity index (χ0n) is 14.8. The van der Waals surface area contributed by atoms with E-state index in [0.29, 0.717) is 18.7 Å². The third-order valence-corrected chi connectivity index (χ3v) is 5.98. The van der Waals surface area contributed by atoms with Gasteiger partial charge in [0.05, 0.1) is 16.4 Å². The molecule has 0 saturated carbocycles. The van der Waals surface area contributed by atoms with E-state index in [1.165, 1.54) is 6.07 Å². The Morgan fingerprint density at radius 2 is 1.80 bits per heavy atom. The SMILES string of the molecule is CN1CCN(C(=O)C(C)(C)c2ccccc2S(=O)(=O)/C=C/C#N)CC1. The summed E-state index contributed by atoms with van der Waals surface area (Å²) in [7, 11) is -1.78. The molecule has 0 radical (unpaired) electrons. The van der Waals surface area contributed by atoms with Crippen LogP contribution in [0.15, 0.2) is 40.6 Å². The summed E-state index contributed by atoms with van der Waals surface area (Å²) < 4.78 is 25.1. The van der Waals surface area contributed by atoms with E-state index in [-0.39, 0.29) is 10.8 Å². The number of nitrogens with zero attached hydrogens (tertiary/aromatic N) is 3. The van der Waals surface area contributed by atoms with Gasteiger partial charge < -0.3 is 9.80 Å². The van der Waals surface area contributed by atoms with Gasteiger partial charge in [-0.05, 0) is 32.5 Å². The summed E-state index contributed by atoms with van der Waals surface area (Å²) in [5.74, 6) is -0.0903. The number of carbonyl (C=O) groups is 1. The number of nitriles is 1. The molecule has 6 nitrogen and oxygen atoms in total. The summed E-state index contributed by atoms with van der Waals surface area (Å²) in [5.41, 5.74) is -0.540. The molecule has 0 bridgehead atoms. The number of sulfone groups is 1. The van der Waals surface area contributed by atoms with Crippen LogP contribution >= 0.6 is 0 Å². The molecule has 0 N–H and O–H groups in total. The molecule has 2 rings (SSSR count). The minimum atomic E-state index is -3.79. The molecule has 0 atom stereocenters. The van der Waals surface area contributed by atoms with E-state index < -0.39 is 15.3 Å². The molecule has 1 aliphatic heterocycles. The van der Waals surface area contributed by atoms with Gasteiger partial charge in [0, 0.05) is 37.7 Å². The number of hydrogen-bond donors (Lipinski definition) is 0. The van der Waals surface area contributed by atoms with Crippen LogP contribution in [0.1, 0.15) is 19.4 Å². The zero-order chi connectivity index (χ0) is 18.7. The first-order valence-electron chi connectivity index (χ1n) is 8.09. The van der Waals surface area contributed by atoms with E-state index in [1.807, 2.05) is 7.05 Å². The lowest BCUT2D eigenvalue weighted by Crippen LogP contribution is -2.52. The third kappa shape index (κ3) is 4.09. The van der Waals surface area contributed by atoms with Crippen molar-refractivity contribution in [3.05, 3.63) is 41.3 Å². The van der Waals surface area contributed by atoms with Crippen LogP contribution in [0.4, 0.5) is 0 Å². The molecule has 25 heavy (non-hydrogen) atoms. The van der Waals surface area contributed by atoms with Gasteiger partial charge in [0.25, 0.3) is 0 Å². The largest absolute Gasteiger partial charge is 0.339 e. The molecule has 1 aromatic carbocycles. The van der Waals surface area contributed by atoms with Crippen molar-refractivity contribution < 1.29 is 13.2 Å². The number of hydrogen-bond acceptors (Lipinski definition) is 5. The van der Waals surface area contributed by atoms with E-state index in [1.54, 1.807) is 43.0 Å². The molecule has 0 aliphatic carbocycles. The smallest absolute Gasteiger partial charge is 0.232 e. The van der Waals surface area contributed by atoms with Gasteiger partial charge in [-0.1, -0.05) is 18.2 Å². The topological polar surface area (TPSA) is 81.5 Å². The molecule has 1 amide bonds. The maximum absolute atomic E-state index is 13.1. The van der Waals surface area contributed by atoms with Crippen LogP contribution in [0, 0.1) is 11.3 Å². The molecule has 1 fully saturated rings. The fourth-order valence-electron chi connectivity index (χ4n) is 2.94. The van der Waals surface area contributed by atoms with Crippen molar-refractivity contribution in [2.45, 2.75) is 24.2 Å². The maximum Gasteiger partial charge on any atom is 0.232 e. The van der Waals surface area contributed by atoms with Gasteiger partial charge in [0.15, 0.2) is 0 Å². The van der Waals surface area contributed by atoms with Crippen molar-refractivity contribution in [1.29, 1.82) is 5.26 Å². The fourth-order valence-corrected chi connectivity index (χ4v) is 4.23. The number of carbonyl (C=O) groups excluding carboxylic acids is 1. The number of benzene rings is 1. The molecule has 0 spiro atoms. The van der Waals surface area contributed by atoms with E-state index >= 15 is 0 Å². The second kappa shape index (κ2) is 7.38. The first-order chi connectivity index (χ1) is 11.7. The van der Waals surface area contributed by atoms with Crippen molar-refractivity contribution in [3.8, 4) is 6.07 Å². The molecule has 0 aromatic heterocycles. The molecule has 134 valence electrons. The summed E-state index contributed by atoms with van der Waals surface area (Å²) in [5, 5.41) is 9.50. The van der Waals surface area contributed by atoms with Crippen molar-refractivity contribution in [2.24, 2.45) is 0 Å². The Morgan fingerprint density at radius 1 is 1.20 bits per heavy atom. The number of allylic oxidation sites excluding steroid dienone is 1. The molecular formula is C18H23N3O3S. The quantitative estimate of drug-likeness (QED) is 0.760. The first-order valence-corrected chi connectivity index (χ1v) is 9.63. The lowest BCUT2D eigenvalue weighted by Gasteiger charge is -2.38. The van der Waals surface area contributed by atoms with E-state index in [9.17, 15) is 13.2 Å². The number of rotatable bonds is 4. The van der Waals surface area contributed by atoms with Gasteiger partial charge in [-0.2, -0.15) is 5.26 Å². The molecule has 1 saturated heterocycles. The summed E-state index contributed by atoms with van der Waals surface area (Å²) in [6, 6.07) is 8.18. The Labute approximate surface area is 149 Å². The number of likely N-dealkylation sites (N-methyl/N-ethyl adjacent to an activating group) is 1. The molecular weight excluding hydrogens is 338 g/mol. The van der Waals surface area contributed by atoms with Gasteiger partial charge >= 0.3 is 0 Å². The normalized spacial score (nSPS) is 16.8. The Morgan fingerprint density at radius 3 is 2.40 bits per heavy atom. The molecule has 1 aromatic rings. The Kier molecular flexibility index (Phi) is 5.65. The average Bonchev–Trinajstić information content (AvgIpc) is 2.60. The van der Waals surface area contributed by atoms with Crippen LogP contribution in [0.5, 0.6) is 0 Å². The van der Waals surface area contributed by atoms with Crippen molar-refractivity contribution in [1.82, 2.24) is 9.80 Å². The highest BCUT2D eigenvalue weighted by molar-refractivity contribution is 7.94. The van der Waals surface area contributed by atoms with E-state index in [2.05, 4.69) is 4.90 Å². The monoisotopic (exact) mass is 361 g/mol. The van der Waals surface area contributed by atoms with Crippen molar-refractivity contribution in [3.63, 3.8) is 0 Å². The summed E-state index contributed by atoms with van der Waals surface area (Å²) in [6.07, 6.45) is 0.932. The molecule has 1 heterocycles. The minimum absolute atomic E-state index is 0.0639. The van der Waals surface area contributed by atoms with Crippen LogP contribution in [0.3, 0.4) is 0 Å². The van der Waals surface area contributed by atoms with Crippen LogP contribution in [0.2, 0.25) is 0 Å². The lowest BCUT2D eigenvalue weighted by molar-refractivity contribution is -0.138. The minimum Gasteiger partial charge on any atom is -0.339 e. The van der Waals surface area contributed by atoms with Gasteiger partial charge in [-0.3, -0.25) is 4.79 Å². The van der Waals surface area contributed by atoms with E-state index in [0.717, 1.165) is 24.6 Å². The van der Waals surface area contributed by atoms with Crippen LogP contribution in [-0.2, 0) is 20.0 Å². The zero-order valence-corrected chi connectivity index (χ0v) is 15.6. The predicted molar refractivity (Wildman–Crippen MR) is 95.5 cm³/mol. The molecule has 7 heteroatoms. The number of amides is 1. The maximum atomic E-state index is 13.1. The van der Waals surface area contributed by atoms with Gasteiger partial charge in [-0.15, -0.1) is 0 Å². The van der Waals surface area contributed by atoms with Gasteiger partial charge in [0.2, 0.25) is 15.7 Å². The predicted octanol–water partition coefficient (Wildman–Crippen LogP) is 1.55. The number of piperazine rings is 1. The van der Waals surface area contributed by atoms with Crippen LogP contribution in [-0.4, -0.2) is 57.4 Å². The average molecular weight is 361 g/mol. The van der Waals surface area contributed by atoms with Crippen LogP contribution < -0.4 is 0 Å². The highest BCUT2D eigenvalue weighted by Crippen LogP contribution is 2.32. The lowest BCUT2D eigenvalue weighted by atomic mass is 9.83. The summed E-state index contributed by atoms with van der Waals surface area (Å²) in [6.45, 7) is 6.34. The van der Waals surface area contributed by atoms with Crippen molar-refractivity contribution >= 4 is 15.7 Å². The molecule has 1 aliphatic rings. The Balaban J connectivity index is 2.42. The molecule has 0 unspecified atom stereocenters. The Bertz CT molecular complexity index is 814. The fraction of sp³-hybridized carbons (Fsp3) is 0.444. The summed E-state index contributed by atoms with van der Waals surface area (Å²) in [4.78, 5) is 17.1.